The quantitative estimate of drug-likeness (QED) is 0.0280. The number of unbranched alkanes of at least 4 members (excludes halogenated alkanes) is 6. The lowest BCUT2D eigenvalue weighted by Crippen LogP contribution is -2.46. The Morgan fingerprint density at radius 2 is 1.05 bits per heavy atom. The molecule has 0 aromatic heterocycles. The minimum Gasteiger partial charge on any atom is -0.756 e. The predicted molar refractivity (Wildman–Crippen MR) is 242 cm³/mol. The fraction of sp³-hybridized carbons (Fsp3) is 0.604. The summed E-state index contributed by atoms with van der Waals surface area (Å²) < 4.78 is 23.0. The van der Waals surface area contributed by atoms with E-state index in [1.807, 2.05) is 21.1 Å². The molecular formula is C48H81N2O6P. The van der Waals surface area contributed by atoms with Crippen molar-refractivity contribution in [3.63, 3.8) is 0 Å². The molecule has 0 aromatic carbocycles. The van der Waals surface area contributed by atoms with Gasteiger partial charge in [-0.1, -0.05) is 162 Å². The van der Waals surface area contributed by atoms with Crippen molar-refractivity contribution in [3.05, 3.63) is 109 Å². The van der Waals surface area contributed by atoms with Crippen LogP contribution in [0.25, 0.3) is 0 Å². The molecule has 0 saturated carbocycles. The summed E-state index contributed by atoms with van der Waals surface area (Å²) in [4.78, 5) is 25.1. The van der Waals surface area contributed by atoms with Crippen molar-refractivity contribution in [2.45, 2.75) is 148 Å². The van der Waals surface area contributed by atoms with Gasteiger partial charge in [-0.3, -0.25) is 9.36 Å². The Bertz CT molecular complexity index is 1290. The maximum Gasteiger partial charge on any atom is 0.268 e. The SMILES string of the molecule is CC/C=C\C/C=C\C/C=C\C/C=C\C/C=C\C/C=C\C/C=C\C/C=C\C/C=C\CCCC(=O)NC(COP(=O)([O-])OCC[N+](C)(C)C)C(O)CCCCCCCC. The highest BCUT2D eigenvalue weighted by Crippen LogP contribution is 2.38. The third-order valence-electron chi connectivity index (χ3n) is 8.78. The number of hydrogen-bond donors (Lipinski definition) is 2. The molecule has 0 spiro atoms. The molecule has 0 rings (SSSR count). The zero-order valence-corrected chi connectivity index (χ0v) is 37.4. The molecule has 324 valence electrons. The number of allylic oxidation sites excluding steroid dienone is 18. The second kappa shape index (κ2) is 38.7. The molecule has 0 aliphatic heterocycles. The van der Waals surface area contributed by atoms with E-state index in [1.165, 1.54) is 6.42 Å². The lowest BCUT2D eigenvalue weighted by Gasteiger charge is -2.30. The maximum atomic E-state index is 12.8. The number of likely N-dealkylation sites (N-methyl/N-ethyl adjacent to an activating group) is 1. The fourth-order valence-electron chi connectivity index (χ4n) is 5.33. The van der Waals surface area contributed by atoms with Crippen molar-refractivity contribution in [3.8, 4) is 0 Å². The van der Waals surface area contributed by atoms with Gasteiger partial charge in [0.05, 0.1) is 39.9 Å². The largest absolute Gasteiger partial charge is 0.756 e. The third kappa shape index (κ3) is 41.1. The van der Waals surface area contributed by atoms with Crippen LogP contribution in [0, 0.1) is 0 Å². The lowest BCUT2D eigenvalue weighted by molar-refractivity contribution is -0.870. The molecule has 0 bridgehead atoms. The average Bonchev–Trinajstić information content (AvgIpc) is 3.16. The summed E-state index contributed by atoms with van der Waals surface area (Å²) in [5.41, 5.74) is 0. The van der Waals surface area contributed by atoms with Crippen LogP contribution in [0.15, 0.2) is 109 Å². The van der Waals surface area contributed by atoms with E-state index in [-0.39, 0.29) is 25.5 Å². The number of quaternary nitrogens is 1. The zero-order valence-electron chi connectivity index (χ0n) is 36.5. The smallest absolute Gasteiger partial charge is 0.268 e. The molecule has 2 N–H and O–H groups in total. The van der Waals surface area contributed by atoms with E-state index in [1.54, 1.807) is 0 Å². The second-order valence-electron chi connectivity index (χ2n) is 15.3. The van der Waals surface area contributed by atoms with Gasteiger partial charge in [0.1, 0.15) is 13.2 Å². The minimum absolute atomic E-state index is 0.00625. The van der Waals surface area contributed by atoms with Crippen LogP contribution >= 0.6 is 7.82 Å². The molecule has 0 aliphatic carbocycles. The average molecular weight is 813 g/mol. The number of rotatable bonds is 37. The fourth-order valence-corrected chi connectivity index (χ4v) is 6.05. The number of carbonyl (C=O) groups is 1. The Balaban J connectivity index is 4.28. The van der Waals surface area contributed by atoms with E-state index in [0.29, 0.717) is 23.9 Å². The third-order valence-corrected chi connectivity index (χ3v) is 9.74. The van der Waals surface area contributed by atoms with Crippen LogP contribution < -0.4 is 10.2 Å². The Hall–Kier alpha value is -2.84. The van der Waals surface area contributed by atoms with Gasteiger partial charge < -0.3 is 28.8 Å². The van der Waals surface area contributed by atoms with Gasteiger partial charge in [0, 0.05) is 6.42 Å². The number of aliphatic hydroxyl groups excluding tert-OH is 1. The number of carbonyl (C=O) groups excluding carboxylic acids is 1. The summed E-state index contributed by atoms with van der Waals surface area (Å²) in [6, 6.07) is -0.835. The molecule has 8 nitrogen and oxygen atoms in total. The van der Waals surface area contributed by atoms with Gasteiger partial charge in [-0.25, -0.2) is 0 Å². The van der Waals surface area contributed by atoms with Gasteiger partial charge in [-0.15, -0.1) is 0 Å². The number of amides is 1. The topological polar surface area (TPSA) is 108 Å². The van der Waals surface area contributed by atoms with Crippen molar-refractivity contribution in [2.75, 3.05) is 40.9 Å². The molecule has 0 aromatic rings. The summed E-state index contributed by atoms with van der Waals surface area (Å²) in [6.45, 7) is 4.45. The number of nitrogens with zero attached hydrogens (tertiary/aromatic N) is 1. The molecule has 0 heterocycles. The van der Waals surface area contributed by atoms with Crippen LogP contribution in [0.2, 0.25) is 0 Å². The Morgan fingerprint density at radius 3 is 1.49 bits per heavy atom. The monoisotopic (exact) mass is 813 g/mol. The van der Waals surface area contributed by atoms with Crippen molar-refractivity contribution in [2.24, 2.45) is 0 Å². The van der Waals surface area contributed by atoms with Crippen LogP contribution in [0.3, 0.4) is 0 Å². The van der Waals surface area contributed by atoms with Gasteiger partial charge in [-0.05, 0) is 77.0 Å². The molecule has 3 atom stereocenters. The van der Waals surface area contributed by atoms with Gasteiger partial charge in [0.25, 0.3) is 7.82 Å². The molecule has 0 saturated heterocycles. The summed E-state index contributed by atoms with van der Waals surface area (Å²) in [6.07, 6.45) is 55.7. The molecule has 0 radical (unpaired) electrons. The Morgan fingerprint density at radius 1 is 0.632 bits per heavy atom. The van der Waals surface area contributed by atoms with Crippen molar-refractivity contribution < 1.29 is 32.9 Å². The van der Waals surface area contributed by atoms with Crippen LogP contribution in [0.1, 0.15) is 136 Å². The molecular weight excluding hydrogens is 732 g/mol. The Kier molecular flexibility index (Phi) is 36.7. The summed E-state index contributed by atoms with van der Waals surface area (Å²) >= 11 is 0. The minimum atomic E-state index is -4.57. The summed E-state index contributed by atoms with van der Waals surface area (Å²) in [7, 11) is 1.24. The highest BCUT2D eigenvalue weighted by Gasteiger charge is 2.24. The zero-order chi connectivity index (χ0) is 42.1. The van der Waals surface area contributed by atoms with Gasteiger partial charge >= 0.3 is 0 Å². The van der Waals surface area contributed by atoms with Crippen LogP contribution in [-0.2, 0) is 18.4 Å². The molecule has 57 heavy (non-hydrogen) atoms. The van der Waals surface area contributed by atoms with Crippen LogP contribution in [0.4, 0.5) is 0 Å². The van der Waals surface area contributed by atoms with Crippen molar-refractivity contribution >= 4 is 13.7 Å². The molecule has 1 amide bonds. The predicted octanol–water partition coefficient (Wildman–Crippen LogP) is 11.5. The number of aliphatic hydroxyl groups is 1. The molecule has 0 aliphatic rings. The lowest BCUT2D eigenvalue weighted by atomic mass is 10.0. The number of hydrogen-bond acceptors (Lipinski definition) is 6. The molecule has 3 unspecified atom stereocenters. The molecule has 0 fully saturated rings. The first-order valence-corrected chi connectivity index (χ1v) is 23.2. The summed E-state index contributed by atoms with van der Waals surface area (Å²) in [5.74, 6) is -0.235. The molecule has 9 heteroatoms. The first-order chi connectivity index (χ1) is 27.5. The van der Waals surface area contributed by atoms with Crippen molar-refractivity contribution in [1.82, 2.24) is 5.32 Å². The Labute approximate surface area is 349 Å². The van der Waals surface area contributed by atoms with E-state index in [9.17, 15) is 19.4 Å². The van der Waals surface area contributed by atoms with Gasteiger partial charge in [0.2, 0.25) is 5.91 Å². The number of phosphoric acid groups is 1. The van der Waals surface area contributed by atoms with E-state index < -0.39 is 20.0 Å². The standard InChI is InChI=1S/C48H81N2O6P/c1-6-8-10-12-14-15-16-17-18-19-20-21-22-23-24-25-26-27-28-29-30-31-32-33-34-35-36-38-40-42-48(52)49-46(47(51)41-39-37-13-11-9-7-2)45-56-57(53,54)55-44-43-50(3,4)5/h8,10,14-15,17-18,20-21,23-24,26-27,29-30,32-33,35-36,46-47,51H,6-7,9,11-13,16,19,22,25,28,31,34,37-45H2,1-5H3,(H-,49,52,53,54)/b10-8-,15-14-,18-17-,21-20-,24-23-,27-26-,30-29-,33-32-,36-35-. The van der Waals surface area contributed by atoms with Crippen LogP contribution in [0.5, 0.6) is 0 Å². The van der Waals surface area contributed by atoms with Crippen LogP contribution in [-0.4, -0.2) is 68.5 Å². The maximum absolute atomic E-state index is 12.8. The normalized spacial score (nSPS) is 15.4. The second-order valence-corrected chi connectivity index (χ2v) is 16.7. The van der Waals surface area contributed by atoms with Gasteiger partial charge in [-0.2, -0.15) is 0 Å². The van der Waals surface area contributed by atoms with E-state index >= 15 is 0 Å². The van der Waals surface area contributed by atoms with Gasteiger partial charge in [0.15, 0.2) is 0 Å². The number of nitrogens with one attached hydrogen (secondary N) is 1. The highest BCUT2D eigenvalue weighted by molar-refractivity contribution is 7.45. The first kappa shape index (κ1) is 54.2. The summed E-state index contributed by atoms with van der Waals surface area (Å²) in [5, 5.41) is 13.7. The first-order valence-electron chi connectivity index (χ1n) is 21.7. The van der Waals surface area contributed by atoms with E-state index in [4.69, 9.17) is 9.05 Å². The van der Waals surface area contributed by atoms with Crippen molar-refractivity contribution in [1.29, 1.82) is 0 Å². The van der Waals surface area contributed by atoms with E-state index in [2.05, 4.69) is 129 Å². The van der Waals surface area contributed by atoms with E-state index in [0.717, 1.165) is 96.3 Å². The number of phosphoric ester groups is 1. The highest BCUT2D eigenvalue weighted by atomic mass is 31.2.